The second kappa shape index (κ2) is 10.7. The number of nitrogens with one attached hydrogen (secondary N) is 3. The van der Waals surface area contributed by atoms with Crippen LogP contribution in [-0.4, -0.2) is 54.2 Å². The van der Waals surface area contributed by atoms with E-state index < -0.39 is 47.9 Å². The lowest BCUT2D eigenvalue weighted by atomic mass is 9.96. The van der Waals surface area contributed by atoms with Gasteiger partial charge in [0.2, 0.25) is 6.10 Å². The molecule has 0 aromatic heterocycles. The fraction of sp³-hybridized carbons (Fsp3) is 0.450. The third-order valence-electron chi connectivity index (χ3n) is 4.76. The van der Waals surface area contributed by atoms with Crippen molar-refractivity contribution in [3.8, 4) is 11.5 Å². The van der Waals surface area contributed by atoms with Crippen molar-refractivity contribution in [2.45, 2.75) is 50.9 Å². The summed E-state index contributed by atoms with van der Waals surface area (Å²) in [4.78, 5) is 24.2. The molecule has 0 spiro atoms. The highest BCUT2D eigenvalue weighted by atomic mass is 19.4. The van der Waals surface area contributed by atoms with Gasteiger partial charge in [0.25, 0.3) is 5.91 Å². The molecule has 35 heavy (non-hydrogen) atoms. The normalized spacial score (nSPS) is 16.3. The first kappa shape index (κ1) is 27.6. The molecule has 1 aliphatic rings. The highest BCUT2D eigenvalue weighted by Crippen LogP contribution is 2.42. The third kappa shape index (κ3) is 7.68. The molecule has 2 rings (SSSR count). The summed E-state index contributed by atoms with van der Waals surface area (Å²) in [6.07, 6.45) is -12.4. The molecule has 1 heterocycles. The molecular formula is C20H22F6N4O5. The Morgan fingerprint density at radius 1 is 1.26 bits per heavy atom. The van der Waals surface area contributed by atoms with Crippen molar-refractivity contribution in [3.63, 3.8) is 0 Å². The summed E-state index contributed by atoms with van der Waals surface area (Å²) in [7, 11) is 0. The van der Waals surface area contributed by atoms with E-state index in [0.29, 0.717) is 6.08 Å². The Balaban J connectivity index is 2.40. The molecule has 1 amide bonds. The van der Waals surface area contributed by atoms with Gasteiger partial charge in [0.1, 0.15) is 17.5 Å². The number of hydrogen-bond donors (Lipinski definition) is 5. The quantitative estimate of drug-likeness (QED) is 0.148. The van der Waals surface area contributed by atoms with Gasteiger partial charge in [-0.3, -0.25) is 10.2 Å². The Kier molecular flexibility index (Phi) is 8.46. The molecule has 194 valence electrons. The Bertz CT molecular complexity index is 1010. The first-order chi connectivity index (χ1) is 16.1. The van der Waals surface area contributed by atoms with E-state index in [1.54, 1.807) is 0 Å². The second-order valence-electron chi connectivity index (χ2n) is 7.39. The molecule has 1 aliphatic heterocycles. The van der Waals surface area contributed by atoms with Crippen LogP contribution in [0.5, 0.6) is 11.5 Å². The van der Waals surface area contributed by atoms with Crippen LogP contribution in [0.25, 0.3) is 6.08 Å². The molecule has 0 saturated carbocycles. The second-order valence-corrected chi connectivity index (χ2v) is 7.39. The van der Waals surface area contributed by atoms with E-state index >= 15 is 0 Å². The average Bonchev–Trinajstić information content (AvgIpc) is 2.71. The number of guanidine groups is 1. The maximum Gasteiger partial charge on any atom is 0.573 e. The summed E-state index contributed by atoms with van der Waals surface area (Å²) < 4.78 is 88.0. The maximum atomic E-state index is 13.7. The number of halogens is 6. The van der Waals surface area contributed by atoms with Gasteiger partial charge in [0, 0.05) is 12.1 Å². The number of carbonyl (C=O) groups excluding carboxylic acids is 1. The zero-order valence-electron chi connectivity index (χ0n) is 18.1. The van der Waals surface area contributed by atoms with Gasteiger partial charge in [-0.05, 0) is 43.0 Å². The van der Waals surface area contributed by atoms with E-state index in [-0.39, 0.29) is 48.6 Å². The molecule has 1 aromatic carbocycles. The number of carboxylic acids is 1. The topological polar surface area (TPSA) is 147 Å². The highest BCUT2D eigenvalue weighted by Gasteiger charge is 2.49. The van der Waals surface area contributed by atoms with Crippen LogP contribution < -0.4 is 25.8 Å². The van der Waals surface area contributed by atoms with Crippen LogP contribution in [0.15, 0.2) is 17.7 Å². The van der Waals surface area contributed by atoms with E-state index in [9.17, 15) is 41.0 Å². The maximum absolute atomic E-state index is 13.7. The smallest absolute Gasteiger partial charge is 0.480 e. The number of carbonyl (C=O) groups is 2. The van der Waals surface area contributed by atoms with Crippen molar-refractivity contribution in [2.24, 2.45) is 5.73 Å². The molecule has 9 nitrogen and oxygen atoms in total. The van der Waals surface area contributed by atoms with Crippen LogP contribution in [0.4, 0.5) is 26.3 Å². The Morgan fingerprint density at radius 3 is 2.43 bits per heavy atom. The standard InChI is InChI=1S/C20H22F6N4O5/c1-2-9-6-11(35-20(24,25)26)7-10-8-12(15(19(21,22)23)34-14(9)10)16(31)30-13(17(32)33)4-3-5-29-18(27)28/h6-8,13,15H,2-5H2,1H3,(H,30,31)(H,32,33)(H4,27,28,29)/t13?,15-/m0/s1. The molecule has 6 N–H and O–H groups in total. The van der Waals surface area contributed by atoms with Crippen molar-refractivity contribution in [1.82, 2.24) is 10.6 Å². The number of nitrogens with two attached hydrogens (primary N) is 1. The predicted molar refractivity (Wildman–Crippen MR) is 110 cm³/mol. The Morgan fingerprint density at radius 2 is 1.91 bits per heavy atom. The van der Waals surface area contributed by atoms with E-state index in [1.165, 1.54) is 6.92 Å². The number of ether oxygens (including phenoxy) is 2. The van der Waals surface area contributed by atoms with Crippen molar-refractivity contribution in [2.75, 3.05) is 6.54 Å². The van der Waals surface area contributed by atoms with Gasteiger partial charge < -0.3 is 30.9 Å². The fourth-order valence-electron chi connectivity index (χ4n) is 3.27. The van der Waals surface area contributed by atoms with Gasteiger partial charge in [-0.2, -0.15) is 13.2 Å². The van der Waals surface area contributed by atoms with Crippen molar-refractivity contribution in [1.29, 1.82) is 5.41 Å². The summed E-state index contributed by atoms with van der Waals surface area (Å²) in [6, 6.07) is 0.0524. The number of aryl methyl sites for hydroxylation is 1. The minimum atomic E-state index is -5.10. The van der Waals surface area contributed by atoms with Crippen LogP contribution in [0, 0.1) is 5.41 Å². The highest BCUT2D eigenvalue weighted by molar-refractivity contribution is 6.02. The minimum Gasteiger partial charge on any atom is -0.480 e. The van der Waals surface area contributed by atoms with Crippen LogP contribution in [0.3, 0.4) is 0 Å². The molecule has 2 atom stereocenters. The van der Waals surface area contributed by atoms with Crippen LogP contribution >= 0.6 is 0 Å². The van der Waals surface area contributed by atoms with E-state index in [0.717, 1.165) is 12.1 Å². The van der Waals surface area contributed by atoms with Gasteiger partial charge in [0.05, 0.1) is 5.57 Å². The lowest BCUT2D eigenvalue weighted by molar-refractivity contribution is -0.274. The molecule has 1 unspecified atom stereocenters. The number of alkyl halides is 6. The van der Waals surface area contributed by atoms with Crippen LogP contribution in [-0.2, 0) is 16.0 Å². The summed E-state index contributed by atoms with van der Waals surface area (Å²) >= 11 is 0. The largest absolute Gasteiger partial charge is 0.573 e. The molecule has 0 saturated heterocycles. The number of fused-ring (bicyclic) bond motifs is 1. The summed E-state index contributed by atoms with van der Waals surface area (Å²) in [6.45, 7) is 1.55. The molecule has 0 bridgehead atoms. The molecule has 15 heteroatoms. The number of amides is 1. The third-order valence-corrected chi connectivity index (χ3v) is 4.76. The number of aliphatic carboxylic acids is 1. The first-order valence-corrected chi connectivity index (χ1v) is 10.1. The zero-order chi connectivity index (χ0) is 26.6. The molecule has 0 fully saturated rings. The zero-order valence-corrected chi connectivity index (χ0v) is 18.1. The first-order valence-electron chi connectivity index (χ1n) is 10.1. The van der Waals surface area contributed by atoms with E-state index in [1.807, 2.05) is 5.32 Å². The summed E-state index contributed by atoms with van der Waals surface area (Å²) in [5.74, 6) is -4.43. The lowest BCUT2D eigenvalue weighted by Gasteiger charge is -2.30. The van der Waals surface area contributed by atoms with Gasteiger partial charge in [-0.1, -0.05) is 6.92 Å². The predicted octanol–water partition coefficient (Wildman–Crippen LogP) is 2.69. The van der Waals surface area contributed by atoms with Crippen molar-refractivity contribution in [3.05, 3.63) is 28.8 Å². The fourth-order valence-corrected chi connectivity index (χ4v) is 3.27. The van der Waals surface area contributed by atoms with Crippen LogP contribution in [0.1, 0.15) is 30.9 Å². The van der Waals surface area contributed by atoms with Crippen molar-refractivity contribution < 1.29 is 50.5 Å². The van der Waals surface area contributed by atoms with Crippen molar-refractivity contribution >= 4 is 23.9 Å². The monoisotopic (exact) mass is 512 g/mol. The number of rotatable bonds is 9. The van der Waals surface area contributed by atoms with E-state index in [4.69, 9.17) is 15.9 Å². The molecule has 0 aliphatic carbocycles. The van der Waals surface area contributed by atoms with Crippen LogP contribution in [0.2, 0.25) is 0 Å². The average molecular weight is 512 g/mol. The van der Waals surface area contributed by atoms with Gasteiger partial charge in [-0.15, -0.1) is 13.2 Å². The summed E-state index contributed by atoms with van der Waals surface area (Å²) in [5.41, 5.74) is 3.76. The molecular weight excluding hydrogens is 490 g/mol. The van der Waals surface area contributed by atoms with Gasteiger partial charge >= 0.3 is 18.5 Å². The lowest BCUT2D eigenvalue weighted by Crippen LogP contribution is -2.48. The SMILES string of the molecule is CCc1cc(OC(F)(F)F)cc2c1O[C@H](C(F)(F)F)C(C(=O)NC(CCCNC(=N)N)C(=O)O)=C2. The van der Waals surface area contributed by atoms with Gasteiger partial charge in [-0.25, -0.2) is 4.79 Å². The minimum absolute atomic E-state index is 0.00722. The van der Waals surface area contributed by atoms with Gasteiger partial charge in [0.15, 0.2) is 5.96 Å². The molecule has 1 aromatic rings. The number of carboxylic acid groups (broad SMARTS) is 1. The molecule has 0 radical (unpaired) electrons. The Hall–Kier alpha value is -3.65. The Labute approximate surface area is 194 Å². The summed E-state index contributed by atoms with van der Waals surface area (Å²) in [5, 5.41) is 20.7. The number of benzene rings is 1. The van der Waals surface area contributed by atoms with E-state index in [2.05, 4.69) is 10.1 Å². The number of hydrogen-bond acceptors (Lipinski definition) is 5.